The number of pyridine rings is 1. The van der Waals surface area contributed by atoms with Gasteiger partial charge >= 0.3 is 6.61 Å². The second-order valence-electron chi connectivity index (χ2n) is 10.5. The lowest BCUT2D eigenvalue weighted by Crippen LogP contribution is -2.52. The third kappa shape index (κ3) is 5.71. The van der Waals surface area contributed by atoms with Crippen molar-refractivity contribution in [3.63, 3.8) is 0 Å². The smallest absolute Gasteiger partial charge is 0.388 e. The van der Waals surface area contributed by atoms with Gasteiger partial charge in [-0.2, -0.15) is 18.7 Å². The zero-order chi connectivity index (χ0) is 27.6. The summed E-state index contributed by atoms with van der Waals surface area (Å²) >= 11 is 0. The minimum atomic E-state index is -2.94. The summed E-state index contributed by atoms with van der Waals surface area (Å²) in [7, 11) is 2.20. The van der Waals surface area contributed by atoms with Crippen LogP contribution in [-0.4, -0.2) is 88.3 Å². The standard InChI is InChI=1S/C29H34F2N8O/c1-20-18-21-19-32-29(35-27(21)39(20)25-4-3-5-26(34-25)40-28(30)31)33-22-6-8-23(9-7-22)37-12-10-24(11-13-37)38-16-14-36(2)15-17-38/h3-9,18-19,24,28H,10-17H2,1-2H3,(H,32,33,35). The fraction of sp³-hybridized carbons (Fsp3) is 0.414. The Morgan fingerprint density at radius 2 is 1.70 bits per heavy atom. The molecule has 1 aromatic carbocycles. The van der Waals surface area contributed by atoms with Crippen molar-refractivity contribution in [2.45, 2.75) is 32.4 Å². The first kappa shape index (κ1) is 26.4. The van der Waals surface area contributed by atoms with Gasteiger partial charge in [-0.25, -0.2) is 4.98 Å². The average Bonchev–Trinajstić information content (AvgIpc) is 3.29. The number of nitrogens with one attached hydrogen (secondary N) is 1. The number of piperazine rings is 1. The van der Waals surface area contributed by atoms with E-state index in [1.54, 1.807) is 22.9 Å². The average molecular weight is 549 g/mol. The highest BCUT2D eigenvalue weighted by Gasteiger charge is 2.26. The number of fused-ring (bicyclic) bond motifs is 1. The van der Waals surface area contributed by atoms with Crippen molar-refractivity contribution < 1.29 is 13.5 Å². The zero-order valence-electron chi connectivity index (χ0n) is 22.8. The van der Waals surface area contributed by atoms with Crippen LogP contribution in [0.3, 0.4) is 0 Å². The van der Waals surface area contributed by atoms with Crippen LogP contribution in [0.5, 0.6) is 5.88 Å². The van der Waals surface area contributed by atoms with Gasteiger partial charge in [0.25, 0.3) is 0 Å². The molecule has 11 heteroatoms. The van der Waals surface area contributed by atoms with Crippen molar-refractivity contribution in [3.05, 3.63) is 60.4 Å². The molecule has 0 radical (unpaired) electrons. The molecule has 0 unspecified atom stereocenters. The first-order valence-electron chi connectivity index (χ1n) is 13.7. The first-order valence-corrected chi connectivity index (χ1v) is 13.7. The van der Waals surface area contributed by atoms with E-state index in [0.29, 0.717) is 23.5 Å². The number of hydrogen-bond donors (Lipinski definition) is 1. The summed E-state index contributed by atoms with van der Waals surface area (Å²) < 4.78 is 31.7. The largest absolute Gasteiger partial charge is 0.417 e. The van der Waals surface area contributed by atoms with Crippen molar-refractivity contribution in [1.82, 2.24) is 29.3 Å². The molecule has 4 aromatic rings. The Hall–Kier alpha value is -3.83. The summed E-state index contributed by atoms with van der Waals surface area (Å²) in [5.74, 6) is 0.730. The van der Waals surface area contributed by atoms with Crippen molar-refractivity contribution in [1.29, 1.82) is 0 Å². The topological polar surface area (TPSA) is 74.6 Å². The van der Waals surface area contributed by atoms with E-state index in [4.69, 9.17) is 4.98 Å². The van der Waals surface area contributed by atoms with Crippen LogP contribution in [0.2, 0.25) is 0 Å². The summed E-state index contributed by atoms with van der Waals surface area (Å²) in [4.78, 5) is 21.0. The van der Waals surface area contributed by atoms with Gasteiger partial charge < -0.3 is 19.9 Å². The molecule has 0 saturated carbocycles. The third-order valence-corrected chi connectivity index (χ3v) is 7.88. The molecule has 0 spiro atoms. The molecule has 40 heavy (non-hydrogen) atoms. The lowest BCUT2D eigenvalue weighted by Gasteiger charge is -2.42. The van der Waals surface area contributed by atoms with Crippen molar-refractivity contribution >= 4 is 28.4 Å². The molecular weight excluding hydrogens is 514 g/mol. The molecule has 0 aliphatic carbocycles. The van der Waals surface area contributed by atoms with E-state index < -0.39 is 6.61 Å². The minimum absolute atomic E-state index is 0.148. The second-order valence-corrected chi connectivity index (χ2v) is 10.5. The summed E-state index contributed by atoms with van der Waals surface area (Å²) in [6.45, 7) is 5.78. The number of hydrogen-bond acceptors (Lipinski definition) is 8. The number of rotatable bonds is 7. The molecular formula is C29H34F2N8O. The summed E-state index contributed by atoms with van der Waals surface area (Å²) in [6, 6.07) is 15.8. The number of aromatic nitrogens is 4. The maximum Gasteiger partial charge on any atom is 0.388 e. The summed E-state index contributed by atoms with van der Waals surface area (Å²) in [6.07, 6.45) is 4.14. The number of anilines is 3. The van der Waals surface area contributed by atoms with Gasteiger partial charge in [0.15, 0.2) is 5.65 Å². The van der Waals surface area contributed by atoms with Crippen molar-refractivity contribution in [2.24, 2.45) is 0 Å². The molecule has 2 fully saturated rings. The van der Waals surface area contributed by atoms with Crippen LogP contribution in [0.25, 0.3) is 16.9 Å². The number of benzene rings is 1. The number of alkyl halides is 2. The summed E-state index contributed by atoms with van der Waals surface area (Å²) in [5.41, 5.74) is 3.58. The number of ether oxygens (including phenoxy) is 1. The zero-order valence-corrected chi connectivity index (χ0v) is 22.8. The molecule has 3 aromatic heterocycles. The highest BCUT2D eigenvalue weighted by Crippen LogP contribution is 2.27. The van der Waals surface area contributed by atoms with E-state index in [2.05, 4.69) is 53.9 Å². The summed E-state index contributed by atoms with van der Waals surface area (Å²) in [5, 5.41) is 4.12. The highest BCUT2D eigenvalue weighted by atomic mass is 19.3. The molecule has 5 heterocycles. The molecule has 210 valence electrons. The first-order chi connectivity index (χ1) is 19.4. The molecule has 0 atom stereocenters. The number of likely N-dealkylation sites (N-methyl/N-ethyl adjacent to an activating group) is 1. The van der Waals surface area contributed by atoms with Crippen LogP contribution < -0.4 is 15.0 Å². The van der Waals surface area contributed by atoms with Gasteiger partial charge in [0, 0.05) is 80.0 Å². The van der Waals surface area contributed by atoms with E-state index in [-0.39, 0.29) is 5.88 Å². The van der Waals surface area contributed by atoms with Crippen LogP contribution in [0.1, 0.15) is 18.5 Å². The molecule has 2 aliphatic rings. The van der Waals surface area contributed by atoms with Crippen LogP contribution in [0.15, 0.2) is 54.7 Å². The van der Waals surface area contributed by atoms with E-state index in [1.807, 2.05) is 25.1 Å². The molecule has 2 saturated heterocycles. The van der Waals surface area contributed by atoms with Gasteiger partial charge in [0.2, 0.25) is 11.8 Å². The van der Waals surface area contributed by atoms with Gasteiger partial charge in [-0.3, -0.25) is 9.47 Å². The molecule has 9 nitrogen and oxygen atoms in total. The van der Waals surface area contributed by atoms with Gasteiger partial charge in [-0.1, -0.05) is 6.07 Å². The highest BCUT2D eigenvalue weighted by molar-refractivity contribution is 5.80. The Morgan fingerprint density at radius 3 is 2.42 bits per heavy atom. The van der Waals surface area contributed by atoms with Crippen LogP contribution in [0.4, 0.5) is 26.1 Å². The lowest BCUT2D eigenvalue weighted by atomic mass is 10.0. The number of piperidine rings is 1. The predicted octanol–water partition coefficient (Wildman–Crippen LogP) is 4.69. The second kappa shape index (κ2) is 11.3. The van der Waals surface area contributed by atoms with Crippen LogP contribution in [-0.2, 0) is 0 Å². The maximum absolute atomic E-state index is 12.7. The molecule has 0 bridgehead atoms. The molecule has 6 rings (SSSR count). The maximum atomic E-state index is 12.7. The Labute approximate surface area is 232 Å². The Bertz CT molecular complexity index is 1440. The lowest BCUT2D eigenvalue weighted by molar-refractivity contribution is -0.0528. The Kier molecular flexibility index (Phi) is 7.48. The third-order valence-electron chi connectivity index (χ3n) is 7.88. The Balaban J connectivity index is 1.13. The number of halogens is 2. The van der Waals surface area contributed by atoms with Crippen molar-refractivity contribution in [3.8, 4) is 11.7 Å². The van der Waals surface area contributed by atoms with E-state index in [0.717, 1.165) is 42.9 Å². The predicted molar refractivity (Wildman–Crippen MR) is 152 cm³/mol. The Morgan fingerprint density at radius 1 is 0.950 bits per heavy atom. The minimum Gasteiger partial charge on any atom is -0.417 e. The monoisotopic (exact) mass is 548 g/mol. The van der Waals surface area contributed by atoms with Gasteiger partial charge in [-0.05, 0) is 63.2 Å². The van der Waals surface area contributed by atoms with Gasteiger partial charge in [0.05, 0.1) is 0 Å². The molecule has 2 aliphatic heterocycles. The van der Waals surface area contributed by atoms with Crippen molar-refractivity contribution in [2.75, 3.05) is 56.5 Å². The fourth-order valence-electron chi connectivity index (χ4n) is 5.72. The molecule has 1 N–H and O–H groups in total. The number of nitrogens with zero attached hydrogens (tertiary/aromatic N) is 7. The van der Waals surface area contributed by atoms with Crippen LogP contribution in [0, 0.1) is 6.92 Å². The normalized spacial score (nSPS) is 17.6. The SMILES string of the molecule is Cc1cc2cnc(Nc3ccc(N4CCC(N5CCN(C)CC5)CC4)cc3)nc2n1-c1cccc(OC(F)F)n1. The quantitative estimate of drug-likeness (QED) is 0.357. The van der Waals surface area contributed by atoms with Crippen LogP contribution >= 0.6 is 0 Å². The van der Waals surface area contributed by atoms with Gasteiger partial charge in [-0.15, -0.1) is 0 Å². The molecule has 0 amide bonds. The number of aryl methyl sites for hydroxylation is 1. The van der Waals surface area contributed by atoms with E-state index in [1.165, 1.54) is 37.7 Å². The fourth-order valence-corrected chi connectivity index (χ4v) is 5.72. The van der Waals surface area contributed by atoms with Gasteiger partial charge in [0.1, 0.15) is 5.82 Å². The van der Waals surface area contributed by atoms with E-state index >= 15 is 0 Å². The van der Waals surface area contributed by atoms with E-state index in [9.17, 15) is 8.78 Å².